The van der Waals surface area contributed by atoms with Crippen LogP contribution < -0.4 is 5.32 Å². The second kappa shape index (κ2) is 8.39. The van der Waals surface area contributed by atoms with Crippen molar-refractivity contribution in [1.82, 2.24) is 14.8 Å². The van der Waals surface area contributed by atoms with Gasteiger partial charge in [0.25, 0.3) is 0 Å². The van der Waals surface area contributed by atoms with E-state index in [2.05, 4.69) is 66.0 Å². The van der Waals surface area contributed by atoms with Gasteiger partial charge in [0.2, 0.25) is 0 Å². The van der Waals surface area contributed by atoms with Gasteiger partial charge >= 0.3 is 0 Å². The normalized spacial score (nSPS) is 11.3. The summed E-state index contributed by atoms with van der Waals surface area (Å²) in [6.45, 7) is 6.19. The minimum atomic E-state index is 0. The Hall–Kier alpha value is -0.720. The first-order valence-electron chi connectivity index (χ1n) is 6.06. The maximum absolute atomic E-state index is 4.29. The van der Waals surface area contributed by atoms with Crippen LogP contribution in [0.5, 0.6) is 0 Å². The summed E-state index contributed by atoms with van der Waals surface area (Å²) in [6.07, 6.45) is 2.06. The maximum Gasteiger partial charge on any atom is 0.193 e. The number of nitrogens with zero attached hydrogens (tertiary/aromatic N) is 3. The van der Waals surface area contributed by atoms with Crippen molar-refractivity contribution >= 4 is 29.9 Å². The Morgan fingerprint density at radius 2 is 2.17 bits per heavy atom. The van der Waals surface area contributed by atoms with Crippen molar-refractivity contribution in [2.45, 2.75) is 20.4 Å². The fraction of sp³-hybridized carbons (Fsp3) is 0.615. The summed E-state index contributed by atoms with van der Waals surface area (Å²) in [7, 11) is 5.94. The molecule has 0 saturated heterocycles. The Morgan fingerprint density at radius 1 is 1.50 bits per heavy atom. The zero-order valence-electron chi connectivity index (χ0n) is 12.0. The second-order valence-electron chi connectivity index (χ2n) is 4.79. The third-order valence-electron chi connectivity index (χ3n) is 2.69. The highest BCUT2D eigenvalue weighted by atomic mass is 127. The van der Waals surface area contributed by atoms with Crippen LogP contribution in [0.1, 0.15) is 19.5 Å². The van der Waals surface area contributed by atoms with Gasteiger partial charge in [0, 0.05) is 39.6 Å². The zero-order chi connectivity index (χ0) is 12.8. The fourth-order valence-corrected chi connectivity index (χ4v) is 1.66. The van der Waals surface area contributed by atoms with E-state index in [0.717, 1.165) is 19.0 Å². The van der Waals surface area contributed by atoms with Crippen molar-refractivity contribution in [1.29, 1.82) is 0 Å². The molecular weight excluding hydrogens is 339 g/mol. The molecule has 0 aliphatic carbocycles. The number of aliphatic imine (C=N–C) groups is 1. The number of rotatable bonds is 4. The molecule has 0 fully saturated rings. The van der Waals surface area contributed by atoms with Gasteiger partial charge in [0.1, 0.15) is 0 Å². The molecule has 0 spiro atoms. The lowest BCUT2D eigenvalue weighted by Gasteiger charge is -2.23. The summed E-state index contributed by atoms with van der Waals surface area (Å²) in [5.74, 6) is 1.56. The first-order chi connectivity index (χ1) is 8.04. The fourth-order valence-electron chi connectivity index (χ4n) is 1.66. The molecule has 0 aromatic carbocycles. The summed E-state index contributed by atoms with van der Waals surface area (Å²) >= 11 is 0. The van der Waals surface area contributed by atoms with Gasteiger partial charge < -0.3 is 14.8 Å². The predicted octanol–water partition coefficient (Wildman–Crippen LogP) is 2.31. The van der Waals surface area contributed by atoms with Gasteiger partial charge in [-0.15, -0.1) is 24.0 Å². The molecule has 0 radical (unpaired) electrons. The monoisotopic (exact) mass is 364 g/mol. The van der Waals surface area contributed by atoms with E-state index in [1.807, 2.05) is 7.05 Å². The van der Waals surface area contributed by atoms with E-state index in [1.54, 1.807) is 0 Å². The SMILES string of the molecule is CN=C(NCC(C)C)N(C)Cc1cccn1C.I. The first kappa shape index (κ1) is 17.3. The number of guanidine groups is 1. The van der Waals surface area contributed by atoms with Gasteiger partial charge in [0.15, 0.2) is 5.96 Å². The minimum absolute atomic E-state index is 0. The zero-order valence-corrected chi connectivity index (χ0v) is 14.3. The van der Waals surface area contributed by atoms with Crippen molar-refractivity contribution < 1.29 is 0 Å². The average molecular weight is 364 g/mol. The van der Waals surface area contributed by atoms with Crippen LogP contribution >= 0.6 is 24.0 Å². The number of hydrogen-bond acceptors (Lipinski definition) is 1. The van der Waals surface area contributed by atoms with Crippen molar-refractivity contribution in [3.63, 3.8) is 0 Å². The van der Waals surface area contributed by atoms with Crippen LogP contribution in [0, 0.1) is 5.92 Å². The lowest BCUT2D eigenvalue weighted by Crippen LogP contribution is -2.40. The average Bonchev–Trinajstić information content (AvgIpc) is 2.65. The topological polar surface area (TPSA) is 32.6 Å². The summed E-state index contributed by atoms with van der Waals surface area (Å²) in [4.78, 5) is 6.43. The number of halogens is 1. The minimum Gasteiger partial charge on any atom is -0.356 e. The number of hydrogen-bond donors (Lipinski definition) is 1. The Morgan fingerprint density at radius 3 is 2.61 bits per heavy atom. The van der Waals surface area contributed by atoms with Crippen molar-refractivity contribution in [2.75, 3.05) is 20.6 Å². The molecule has 0 bridgehead atoms. The van der Waals surface area contributed by atoms with Crippen LogP contribution in [0.3, 0.4) is 0 Å². The highest BCUT2D eigenvalue weighted by Crippen LogP contribution is 2.03. The molecule has 1 N–H and O–H groups in total. The summed E-state index contributed by atoms with van der Waals surface area (Å²) in [5.41, 5.74) is 1.28. The largest absolute Gasteiger partial charge is 0.356 e. The molecule has 1 aromatic heterocycles. The summed E-state index contributed by atoms with van der Waals surface area (Å²) < 4.78 is 2.13. The van der Waals surface area contributed by atoms with Gasteiger partial charge in [-0.2, -0.15) is 0 Å². The molecule has 5 heteroatoms. The molecule has 1 rings (SSSR count). The molecule has 4 nitrogen and oxygen atoms in total. The smallest absolute Gasteiger partial charge is 0.193 e. The van der Waals surface area contributed by atoms with Crippen molar-refractivity contribution in [3.05, 3.63) is 24.0 Å². The van der Waals surface area contributed by atoms with Gasteiger partial charge in [-0.05, 0) is 18.1 Å². The molecule has 104 valence electrons. The molecule has 0 amide bonds. The molecule has 0 unspecified atom stereocenters. The van der Waals surface area contributed by atoms with E-state index in [9.17, 15) is 0 Å². The highest BCUT2D eigenvalue weighted by Gasteiger charge is 2.08. The summed E-state index contributed by atoms with van der Waals surface area (Å²) in [5, 5.41) is 3.37. The Bertz CT molecular complexity index is 371. The van der Waals surface area contributed by atoms with Gasteiger partial charge in [-0.25, -0.2) is 0 Å². The van der Waals surface area contributed by atoms with Gasteiger partial charge in [-0.3, -0.25) is 4.99 Å². The Kier molecular flexibility index (Phi) is 8.06. The molecule has 1 aromatic rings. The highest BCUT2D eigenvalue weighted by molar-refractivity contribution is 14.0. The molecular formula is C13H25IN4. The van der Waals surface area contributed by atoms with E-state index < -0.39 is 0 Å². The second-order valence-corrected chi connectivity index (χ2v) is 4.79. The molecule has 0 aliphatic rings. The quantitative estimate of drug-likeness (QED) is 0.505. The number of nitrogens with one attached hydrogen (secondary N) is 1. The van der Waals surface area contributed by atoms with Crippen LogP contribution in [-0.2, 0) is 13.6 Å². The Balaban J connectivity index is 0.00000289. The molecule has 0 aliphatic heterocycles. The van der Waals surface area contributed by atoms with Crippen LogP contribution in [-0.4, -0.2) is 36.1 Å². The lowest BCUT2D eigenvalue weighted by molar-refractivity contribution is 0.454. The van der Waals surface area contributed by atoms with Crippen LogP contribution in [0.25, 0.3) is 0 Å². The third kappa shape index (κ3) is 5.29. The van der Waals surface area contributed by atoms with E-state index in [1.165, 1.54) is 5.69 Å². The van der Waals surface area contributed by atoms with Crippen LogP contribution in [0.15, 0.2) is 23.3 Å². The van der Waals surface area contributed by atoms with Crippen LogP contribution in [0.2, 0.25) is 0 Å². The standard InChI is InChI=1S/C13H24N4.HI/c1-11(2)9-15-13(14-3)17(5)10-12-7-6-8-16(12)4;/h6-8,11H,9-10H2,1-5H3,(H,14,15);1H. The number of aryl methyl sites for hydroxylation is 1. The number of aromatic nitrogens is 1. The maximum atomic E-state index is 4.29. The molecule has 1 heterocycles. The van der Waals surface area contributed by atoms with Gasteiger partial charge in [-0.1, -0.05) is 13.8 Å². The third-order valence-corrected chi connectivity index (χ3v) is 2.69. The Labute approximate surface area is 127 Å². The van der Waals surface area contributed by atoms with E-state index in [-0.39, 0.29) is 24.0 Å². The molecule has 0 saturated carbocycles. The van der Waals surface area contributed by atoms with Crippen molar-refractivity contribution in [2.24, 2.45) is 18.0 Å². The molecule has 18 heavy (non-hydrogen) atoms. The molecule has 0 atom stereocenters. The predicted molar refractivity (Wildman–Crippen MR) is 88.5 cm³/mol. The van der Waals surface area contributed by atoms with Crippen molar-refractivity contribution in [3.8, 4) is 0 Å². The van der Waals surface area contributed by atoms with E-state index >= 15 is 0 Å². The van der Waals surface area contributed by atoms with Gasteiger partial charge in [0.05, 0.1) is 6.54 Å². The van der Waals surface area contributed by atoms with Crippen LogP contribution in [0.4, 0.5) is 0 Å². The lowest BCUT2D eigenvalue weighted by atomic mass is 10.2. The van der Waals surface area contributed by atoms with E-state index in [0.29, 0.717) is 5.92 Å². The first-order valence-corrected chi connectivity index (χ1v) is 6.06. The van der Waals surface area contributed by atoms with E-state index in [4.69, 9.17) is 0 Å². The summed E-state index contributed by atoms with van der Waals surface area (Å²) in [6, 6.07) is 4.19.